The number of H-pyrrole nitrogens is 1. The molecular weight excluding hydrogens is 393 g/mol. The van der Waals surface area contributed by atoms with Crippen LogP contribution in [0.1, 0.15) is 45.6 Å². The number of nitrogens with zero attached hydrogens (tertiary/aromatic N) is 1. The largest absolute Gasteiger partial charge is 0.352 e. The van der Waals surface area contributed by atoms with E-state index in [2.05, 4.69) is 15.3 Å². The summed E-state index contributed by atoms with van der Waals surface area (Å²) < 4.78 is 13.2. The van der Waals surface area contributed by atoms with Crippen LogP contribution >= 0.6 is 0 Å². The number of carbonyl (C=O) groups excluding carboxylic acids is 1. The van der Waals surface area contributed by atoms with Crippen LogP contribution in [0.2, 0.25) is 0 Å². The van der Waals surface area contributed by atoms with Crippen LogP contribution in [0, 0.1) is 25.6 Å². The van der Waals surface area contributed by atoms with Crippen molar-refractivity contribution in [1.82, 2.24) is 15.3 Å². The molecule has 31 heavy (non-hydrogen) atoms. The number of fused-ring (bicyclic) bond motifs is 1. The molecule has 1 atom stereocenters. The molecule has 4 rings (SSSR count). The zero-order valence-corrected chi connectivity index (χ0v) is 17.8. The lowest BCUT2D eigenvalue weighted by Crippen LogP contribution is -2.29. The van der Waals surface area contributed by atoms with E-state index < -0.39 is 0 Å². The number of nitrogens with one attached hydrogen (secondary N) is 2. The van der Waals surface area contributed by atoms with E-state index in [1.165, 1.54) is 12.1 Å². The summed E-state index contributed by atoms with van der Waals surface area (Å²) in [6.45, 7) is 4.54. The number of hydrogen-bond acceptors (Lipinski definition) is 3. The topological polar surface area (TPSA) is 74.8 Å². The van der Waals surface area contributed by atoms with Crippen LogP contribution in [0.25, 0.3) is 11.4 Å². The zero-order valence-electron chi connectivity index (χ0n) is 17.8. The maximum Gasteiger partial charge on any atom is 0.254 e. The van der Waals surface area contributed by atoms with Crippen molar-refractivity contribution in [3.05, 3.63) is 86.6 Å². The van der Waals surface area contributed by atoms with Gasteiger partial charge in [0.1, 0.15) is 11.6 Å². The molecule has 1 aromatic heterocycles. The second-order valence-corrected chi connectivity index (χ2v) is 8.38. The summed E-state index contributed by atoms with van der Waals surface area (Å²) in [4.78, 5) is 32.7. The number of rotatable bonds is 4. The third-order valence-corrected chi connectivity index (χ3v) is 5.85. The molecule has 0 aliphatic heterocycles. The van der Waals surface area contributed by atoms with Crippen LogP contribution in [0.4, 0.5) is 4.39 Å². The van der Waals surface area contributed by atoms with Gasteiger partial charge in [-0.05, 0) is 81.8 Å². The minimum Gasteiger partial charge on any atom is -0.352 e. The Bertz CT molecular complexity index is 1150. The highest BCUT2D eigenvalue weighted by atomic mass is 19.1. The van der Waals surface area contributed by atoms with Crippen molar-refractivity contribution in [2.24, 2.45) is 5.92 Å². The number of aromatic nitrogens is 2. The third-order valence-electron chi connectivity index (χ3n) is 5.85. The van der Waals surface area contributed by atoms with E-state index in [9.17, 15) is 14.0 Å². The second-order valence-electron chi connectivity index (χ2n) is 8.38. The number of benzene rings is 2. The molecule has 0 saturated heterocycles. The first kappa shape index (κ1) is 21.0. The molecule has 1 heterocycles. The lowest BCUT2D eigenvalue weighted by atomic mass is 9.99. The van der Waals surface area contributed by atoms with E-state index >= 15 is 0 Å². The van der Waals surface area contributed by atoms with Gasteiger partial charge in [-0.3, -0.25) is 9.59 Å². The van der Waals surface area contributed by atoms with E-state index in [1.54, 1.807) is 12.1 Å². The van der Waals surface area contributed by atoms with Crippen LogP contribution in [0.15, 0.2) is 47.3 Å². The summed E-state index contributed by atoms with van der Waals surface area (Å²) >= 11 is 0. The molecule has 3 aromatic rings. The van der Waals surface area contributed by atoms with Gasteiger partial charge < -0.3 is 10.3 Å². The Kier molecular flexibility index (Phi) is 5.98. The summed E-state index contributed by atoms with van der Waals surface area (Å²) in [6.07, 6.45) is 2.98. The fourth-order valence-corrected chi connectivity index (χ4v) is 4.24. The Morgan fingerprint density at radius 3 is 2.48 bits per heavy atom. The summed E-state index contributed by atoms with van der Waals surface area (Å²) in [5.41, 5.74) is 4.87. The fourth-order valence-electron chi connectivity index (χ4n) is 4.24. The van der Waals surface area contributed by atoms with Crippen molar-refractivity contribution in [2.45, 2.75) is 39.5 Å². The van der Waals surface area contributed by atoms with Gasteiger partial charge in [-0.25, -0.2) is 9.37 Å². The molecular formula is C25H26FN3O2. The quantitative estimate of drug-likeness (QED) is 0.625. The van der Waals surface area contributed by atoms with Gasteiger partial charge >= 0.3 is 0 Å². The van der Waals surface area contributed by atoms with Crippen molar-refractivity contribution in [3.8, 4) is 11.4 Å². The Morgan fingerprint density at radius 2 is 1.77 bits per heavy atom. The summed E-state index contributed by atoms with van der Waals surface area (Å²) in [5, 5.41) is 3.05. The van der Waals surface area contributed by atoms with Gasteiger partial charge in [0, 0.05) is 23.2 Å². The average molecular weight is 420 g/mol. The zero-order chi connectivity index (χ0) is 22.0. The van der Waals surface area contributed by atoms with Crippen LogP contribution < -0.4 is 10.9 Å². The Labute approximate surface area is 180 Å². The van der Waals surface area contributed by atoms with E-state index in [-0.39, 0.29) is 23.2 Å². The summed E-state index contributed by atoms with van der Waals surface area (Å²) in [7, 11) is 0. The smallest absolute Gasteiger partial charge is 0.254 e. The minimum atomic E-state index is -0.327. The first-order valence-corrected chi connectivity index (χ1v) is 10.6. The van der Waals surface area contributed by atoms with Crippen molar-refractivity contribution >= 4 is 5.91 Å². The first-order valence-electron chi connectivity index (χ1n) is 10.6. The lowest BCUT2D eigenvalue weighted by Gasteiger charge is -2.15. The maximum absolute atomic E-state index is 13.2. The highest BCUT2D eigenvalue weighted by Crippen LogP contribution is 2.23. The maximum atomic E-state index is 13.2. The molecule has 160 valence electrons. The predicted molar refractivity (Wildman–Crippen MR) is 119 cm³/mol. The van der Waals surface area contributed by atoms with Gasteiger partial charge in [0.15, 0.2) is 0 Å². The predicted octanol–water partition coefficient (Wildman–Crippen LogP) is 4.12. The van der Waals surface area contributed by atoms with Crippen molar-refractivity contribution < 1.29 is 9.18 Å². The molecule has 0 spiro atoms. The number of aryl methyl sites for hydroxylation is 3. The number of amides is 1. The van der Waals surface area contributed by atoms with Gasteiger partial charge in [-0.2, -0.15) is 0 Å². The summed E-state index contributed by atoms with van der Waals surface area (Å²) in [5.74, 6) is 0.345. The highest BCUT2D eigenvalue weighted by molar-refractivity contribution is 5.94. The van der Waals surface area contributed by atoms with Crippen molar-refractivity contribution in [1.29, 1.82) is 0 Å². The Hall–Kier alpha value is -3.28. The Balaban J connectivity index is 1.44. The second kappa shape index (κ2) is 8.84. The van der Waals surface area contributed by atoms with E-state index in [0.717, 1.165) is 29.7 Å². The van der Waals surface area contributed by atoms with Crippen LogP contribution in [-0.2, 0) is 12.8 Å². The summed E-state index contributed by atoms with van der Waals surface area (Å²) in [6, 6.07) is 11.8. The molecule has 1 aliphatic carbocycles. The molecule has 1 aliphatic rings. The van der Waals surface area contributed by atoms with Gasteiger partial charge in [0.2, 0.25) is 0 Å². The lowest BCUT2D eigenvalue weighted by molar-refractivity contribution is 0.0945. The molecule has 0 radical (unpaired) electrons. The number of hydrogen-bond donors (Lipinski definition) is 2. The molecule has 1 amide bonds. The van der Waals surface area contributed by atoms with Crippen molar-refractivity contribution in [3.63, 3.8) is 0 Å². The minimum absolute atomic E-state index is 0.0665. The van der Waals surface area contributed by atoms with Gasteiger partial charge in [0.25, 0.3) is 11.5 Å². The van der Waals surface area contributed by atoms with Crippen LogP contribution in [0.3, 0.4) is 0 Å². The SMILES string of the molecule is Cc1cc(C)cc(C(=O)NCC2CCc3nc(-c4ccc(F)cc4)[nH]c(=O)c3CC2)c1. The standard InChI is InChI=1S/C25H26FN3O2/c1-15-11-16(2)13-19(12-15)24(30)27-14-17-3-9-21-22(10-4-17)28-23(29-25(21)31)18-5-7-20(26)8-6-18/h5-8,11-13,17H,3-4,9-10,14H2,1-2H3,(H,27,30)(H,28,29,31). The number of carbonyl (C=O) groups is 1. The van der Waals surface area contributed by atoms with E-state index in [0.29, 0.717) is 41.9 Å². The molecule has 0 bridgehead atoms. The molecule has 0 fully saturated rings. The number of halogens is 1. The molecule has 2 aromatic carbocycles. The molecule has 6 heteroatoms. The van der Waals surface area contributed by atoms with Crippen LogP contribution in [0.5, 0.6) is 0 Å². The highest BCUT2D eigenvalue weighted by Gasteiger charge is 2.21. The van der Waals surface area contributed by atoms with Gasteiger partial charge in [0.05, 0.1) is 5.69 Å². The normalized spacial score (nSPS) is 15.8. The molecule has 5 nitrogen and oxygen atoms in total. The third kappa shape index (κ3) is 4.90. The molecule has 1 unspecified atom stereocenters. The first-order chi connectivity index (χ1) is 14.9. The van der Waals surface area contributed by atoms with Gasteiger partial charge in [-0.1, -0.05) is 17.2 Å². The molecule has 0 saturated carbocycles. The fraction of sp³-hybridized carbons (Fsp3) is 0.320. The van der Waals surface area contributed by atoms with E-state index in [1.807, 2.05) is 32.0 Å². The van der Waals surface area contributed by atoms with E-state index in [4.69, 9.17) is 0 Å². The average Bonchev–Trinajstić information content (AvgIpc) is 2.94. The number of aromatic amines is 1. The Morgan fingerprint density at radius 1 is 1.10 bits per heavy atom. The van der Waals surface area contributed by atoms with Crippen LogP contribution in [-0.4, -0.2) is 22.4 Å². The van der Waals surface area contributed by atoms with Crippen molar-refractivity contribution in [2.75, 3.05) is 6.54 Å². The monoisotopic (exact) mass is 419 g/mol. The molecule has 2 N–H and O–H groups in total. The van der Waals surface area contributed by atoms with Gasteiger partial charge in [-0.15, -0.1) is 0 Å².